The molecular formula is C17H17ClN2O3S. The maximum absolute atomic E-state index is 12.3. The van der Waals surface area contributed by atoms with Crippen LogP contribution in [0.2, 0.25) is 5.02 Å². The monoisotopic (exact) mass is 364 g/mol. The number of rotatable bonds is 4. The number of halogens is 1. The van der Waals surface area contributed by atoms with Gasteiger partial charge in [-0.05, 0) is 47.9 Å². The number of benzene rings is 2. The maximum atomic E-state index is 12.3. The van der Waals surface area contributed by atoms with E-state index in [0.29, 0.717) is 22.8 Å². The summed E-state index contributed by atoms with van der Waals surface area (Å²) < 4.78 is 27.2. The van der Waals surface area contributed by atoms with Gasteiger partial charge >= 0.3 is 0 Å². The average molecular weight is 365 g/mol. The Bertz CT molecular complexity index is 879. The minimum atomic E-state index is -3.52. The molecule has 0 saturated heterocycles. The van der Waals surface area contributed by atoms with E-state index in [0.717, 1.165) is 17.7 Å². The lowest BCUT2D eigenvalue weighted by atomic mass is 10.1. The summed E-state index contributed by atoms with van der Waals surface area (Å²) in [4.78, 5) is 13.3. The van der Waals surface area contributed by atoms with Crippen molar-refractivity contribution in [1.29, 1.82) is 0 Å². The van der Waals surface area contributed by atoms with Gasteiger partial charge in [0.25, 0.3) is 0 Å². The van der Waals surface area contributed by atoms with Crippen molar-refractivity contribution in [3.63, 3.8) is 0 Å². The second-order valence-corrected chi connectivity index (χ2v) is 7.91. The summed E-state index contributed by atoms with van der Waals surface area (Å²) in [6.07, 6.45) is 0.724. The quantitative estimate of drug-likeness (QED) is 0.906. The van der Waals surface area contributed by atoms with E-state index in [-0.39, 0.29) is 11.7 Å². The molecule has 0 unspecified atom stereocenters. The maximum Gasteiger partial charge on any atom is 0.236 e. The number of anilines is 2. The molecule has 1 aliphatic heterocycles. The molecule has 2 aromatic rings. The zero-order valence-corrected chi connectivity index (χ0v) is 14.7. The van der Waals surface area contributed by atoms with Crippen LogP contribution in [0.4, 0.5) is 11.4 Å². The number of fused-ring (bicyclic) bond motifs is 1. The van der Waals surface area contributed by atoms with E-state index in [1.54, 1.807) is 47.4 Å². The van der Waals surface area contributed by atoms with Crippen molar-refractivity contribution in [3.8, 4) is 0 Å². The topological polar surface area (TPSA) is 66.5 Å². The van der Waals surface area contributed by atoms with Gasteiger partial charge in [0.05, 0.1) is 5.75 Å². The molecule has 0 bridgehead atoms. The van der Waals surface area contributed by atoms with Crippen LogP contribution in [-0.4, -0.2) is 20.9 Å². The Labute approximate surface area is 146 Å². The molecular weight excluding hydrogens is 348 g/mol. The molecule has 1 heterocycles. The Morgan fingerprint density at radius 2 is 1.92 bits per heavy atom. The smallest absolute Gasteiger partial charge is 0.236 e. The Hall–Kier alpha value is -2.05. The molecule has 0 atom stereocenters. The second kappa shape index (κ2) is 6.45. The van der Waals surface area contributed by atoms with Gasteiger partial charge in [-0.15, -0.1) is 0 Å². The summed E-state index contributed by atoms with van der Waals surface area (Å²) in [5.74, 6) is -0.134. The molecule has 0 radical (unpaired) electrons. The number of carbonyl (C=O) groups is 1. The van der Waals surface area contributed by atoms with Gasteiger partial charge in [0, 0.05) is 29.9 Å². The zero-order chi connectivity index (χ0) is 17.3. The van der Waals surface area contributed by atoms with Gasteiger partial charge in [-0.25, -0.2) is 8.42 Å². The third-order valence-electron chi connectivity index (χ3n) is 3.90. The van der Waals surface area contributed by atoms with Crippen LogP contribution in [0.1, 0.15) is 18.1 Å². The number of sulfonamides is 1. The van der Waals surface area contributed by atoms with Crippen molar-refractivity contribution in [2.45, 2.75) is 19.1 Å². The molecule has 126 valence electrons. The minimum absolute atomic E-state index is 0.00943. The molecule has 0 fully saturated rings. The summed E-state index contributed by atoms with van der Waals surface area (Å²) in [5, 5.41) is 0.567. The van der Waals surface area contributed by atoms with E-state index in [1.165, 1.54) is 6.92 Å². The van der Waals surface area contributed by atoms with Crippen LogP contribution in [0.5, 0.6) is 0 Å². The summed E-state index contributed by atoms with van der Waals surface area (Å²) in [5.41, 5.74) is 2.99. The first-order valence-corrected chi connectivity index (χ1v) is 9.53. The first-order chi connectivity index (χ1) is 11.3. The number of hydrogen-bond donors (Lipinski definition) is 1. The Balaban J connectivity index is 1.76. The molecule has 24 heavy (non-hydrogen) atoms. The predicted octanol–water partition coefficient (Wildman–Crippen LogP) is 3.19. The van der Waals surface area contributed by atoms with Crippen LogP contribution in [0, 0.1) is 0 Å². The lowest BCUT2D eigenvalue weighted by Gasteiger charge is -2.15. The third kappa shape index (κ3) is 3.71. The second-order valence-electron chi connectivity index (χ2n) is 5.75. The fourth-order valence-electron chi connectivity index (χ4n) is 2.81. The molecule has 1 aliphatic rings. The zero-order valence-electron chi connectivity index (χ0n) is 13.1. The summed E-state index contributed by atoms with van der Waals surface area (Å²) in [7, 11) is -3.52. The molecule has 1 N–H and O–H groups in total. The number of nitrogens with zero attached hydrogens (tertiary/aromatic N) is 1. The normalized spacial score (nSPS) is 13.7. The van der Waals surface area contributed by atoms with Gasteiger partial charge in [0.1, 0.15) is 0 Å². The lowest BCUT2D eigenvalue weighted by molar-refractivity contribution is -0.116. The van der Waals surface area contributed by atoms with E-state index < -0.39 is 10.0 Å². The highest BCUT2D eigenvalue weighted by Gasteiger charge is 2.22. The number of amides is 1. The van der Waals surface area contributed by atoms with Gasteiger partial charge in [0.15, 0.2) is 0 Å². The molecule has 0 saturated carbocycles. The lowest BCUT2D eigenvalue weighted by Crippen LogP contribution is -2.25. The summed E-state index contributed by atoms with van der Waals surface area (Å²) in [6.45, 7) is 2.16. The van der Waals surface area contributed by atoms with Gasteiger partial charge < -0.3 is 4.90 Å². The molecule has 0 spiro atoms. The minimum Gasteiger partial charge on any atom is -0.312 e. The van der Waals surface area contributed by atoms with Crippen LogP contribution in [0.3, 0.4) is 0 Å². The van der Waals surface area contributed by atoms with E-state index in [2.05, 4.69) is 4.72 Å². The number of carbonyl (C=O) groups excluding carboxylic acids is 1. The molecule has 7 heteroatoms. The Morgan fingerprint density at radius 1 is 1.21 bits per heavy atom. The predicted molar refractivity (Wildman–Crippen MR) is 95.9 cm³/mol. The van der Waals surface area contributed by atoms with Crippen LogP contribution in [-0.2, 0) is 27.0 Å². The highest BCUT2D eigenvalue weighted by Crippen LogP contribution is 2.31. The third-order valence-corrected chi connectivity index (χ3v) is 5.41. The molecule has 0 aliphatic carbocycles. The van der Waals surface area contributed by atoms with Gasteiger partial charge in [-0.2, -0.15) is 0 Å². The van der Waals surface area contributed by atoms with Crippen LogP contribution >= 0.6 is 11.6 Å². The van der Waals surface area contributed by atoms with E-state index >= 15 is 0 Å². The van der Waals surface area contributed by atoms with Crippen molar-refractivity contribution in [3.05, 3.63) is 58.6 Å². The highest BCUT2D eigenvalue weighted by molar-refractivity contribution is 7.91. The van der Waals surface area contributed by atoms with E-state index in [1.807, 2.05) is 0 Å². The average Bonchev–Trinajstić information content (AvgIpc) is 2.92. The van der Waals surface area contributed by atoms with Crippen LogP contribution < -0.4 is 9.62 Å². The summed E-state index contributed by atoms with van der Waals surface area (Å²) in [6, 6.07) is 12.0. The largest absolute Gasteiger partial charge is 0.312 e. The molecule has 2 aromatic carbocycles. The number of hydrogen-bond acceptors (Lipinski definition) is 3. The van der Waals surface area contributed by atoms with E-state index in [9.17, 15) is 13.2 Å². The van der Waals surface area contributed by atoms with Gasteiger partial charge in [0.2, 0.25) is 15.9 Å². The summed E-state index contributed by atoms with van der Waals surface area (Å²) >= 11 is 5.81. The Morgan fingerprint density at radius 3 is 2.58 bits per heavy atom. The van der Waals surface area contributed by atoms with Gasteiger partial charge in [-0.3, -0.25) is 9.52 Å². The standard InChI is InChI=1S/C17H17ClN2O3S/c1-12(21)20-9-8-14-10-16(6-7-17(14)20)19-24(22,23)11-13-2-4-15(18)5-3-13/h2-7,10,19H,8-9,11H2,1H3. The first kappa shape index (κ1) is 16.8. The van der Waals surface area contributed by atoms with Crippen molar-refractivity contribution >= 4 is 38.9 Å². The molecule has 5 nitrogen and oxygen atoms in total. The Kier molecular flexibility index (Phi) is 4.51. The fraction of sp³-hybridized carbons (Fsp3) is 0.235. The first-order valence-electron chi connectivity index (χ1n) is 7.50. The highest BCUT2D eigenvalue weighted by atomic mass is 35.5. The van der Waals surface area contributed by atoms with Crippen molar-refractivity contribution in [2.24, 2.45) is 0 Å². The number of nitrogens with one attached hydrogen (secondary N) is 1. The van der Waals surface area contributed by atoms with Crippen LogP contribution in [0.25, 0.3) is 0 Å². The molecule has 0 aromatic heterocycles. The van der Waals surface area contributed by atoms with Gasteiger partial charge in [-0.1, -0.05) is 23.7 Å². The van der Waals surface area contributed by atoms with Crippen LogP contribution in [0.15, 0.2) is 42.5 Å². The van der Waals surface area contributed by atoms with E-state index in [4.69, 9.17) is 11.6 Å². The van der Waals surface area contributed by atoms with Crippen molar-refractivity contribution in [1.82, 2.24) is 0 Å². The van der Waals surface area contributed by atoms with Crippen molar-refractivity contribution < 1.29 is 13.2 Å². The molecule has 1 amide bonds. The fourth-order valence-corrected chi connectivity index (χ4v) is 4.12. The SMILES string of the molecule is CC(=O)N1CCc2cc(NS(=O)(=O)Cc3ccc(Cl)cc3)ccc21. The molecule has 3 rings (SSSR count). The van der Waals surface area contributed by atoms with Crippen molar-refractivity contribution in [2.75, 3.05) is 16.2 Å².